The van der Waals surface area contributed by atoms with Crippen LogP contribution in [-0.2, 0) is 4.74 Å². The summed E-state index contributed by atoms with van der Waals surface area (Å²) in [6.45, 7) is 13.2. The van der Waals surface area contributed by atoms with Gasteiger partial charge in [0, 0.05) is 51.9 Å². The second-order valence-electron chi connectivity index (χ2n) is 9.31. The topological polar surface area (TPSA) is 86.7 Å². The van der Waals surface area contributed by atoms with Crippen molar-refractivity contribution in [3.8, 4) is 0 Å². The van der Waals surface area contributed by atoms with Gasteiger partial charge in [-0.25, -0.2) is 15.0 Å². The van der Waals surface area contributed by atoms with Crippen molar-refractivity contribution < 1.29 is 9.53 Å². The summed E-state index contributed by atoms with van der Waals surface area (Å²) in [5.74, 6) is 2.06. The van der Waals surface area contributed by atoms with Crippen LogP contribution in [0.25, 0.3) is 0 Å². The summed E-state index contributed by atoms with van der Waals surface area (Å²) in [7, 11) is 1.73. The van der Waals surface area contributed by atoms with Crippen LogP contribution in [0, 0.1) is 13.8 Å². The second kappa shape index (κ2) is 12.2. The summed E-state index contributed by atoms with van der Waals surface area (Å²) in [6, 6.07) is 7.50. The largest absolute Gasteiger partial charge is 0.383 e. The molecule has 0 spiro atoms. The molecule has 4 rings (SSSR count). The van der Waals surface area contributed by atoms with Gasteiger partial charge in [-0.2, -0.15) is 0 Å². The number of thiazole rings is 1. The Kier molecular flexibility index (Phi) is 8.96. The van der Waals surface area contributed by atoms with Gasteiger partial charge in [-0.1, -0.05) is 35.1 Å². The van der Waals surface area contributed by atoms with Crippen molar-refractivity contribution in [3.63, 3.8) is 0 Å². The number of ether oxygens (including phenoxy) is 1. The lowest BCUT2D eigenvalue weighted by atomic mass is 10.1. The van der Waals surface area contributed by atoms with Crippen LogP contribution in [0.15, 0.2) is 30.5 Å². The number of nitrogens with zero attached hydrogens (tertiary/aromatic N) is 6. The van der Waals surface area contributed by atoms with Crippen LogP contribution in [0.2, 0.25) is 5.02 Å². The molecule has 1 fully saturated rings. The number of anilines is 4. The Morgan fingerprint density at radius 2 is 1.97 bits per heavy atom. The van der Waals surface area contributed by atoms with Crippen molar-refractivity contribution in [3.05, 3.63) is 51.9 Å². The average Bonchev–Trinajstić information content (AvgIpc) is 3.33. The van der Waals surface area contributed by atoms with Crippen molar-refractivity contribution in [2.24, 2.45) is 0 Å². The Balaban J connectivity index is 1.48. The molecule has 1 aliphatic rings. The SMILES string of the molecule is COCCN1CCN(c2cc(Nc3cnc(C(=O)N(c4c(C)cccc4Cl)C(C)C)s3)nc(C)n2)CC1. The molecule has 1 N–H and O–H groups in total. The van der Waals surface area contributed by atoms with E-state index in [1.165, 1.54) is 11.3 Å². The lowest BCUT2D eigenvalue weighted by Gasteiger charge is -2.35. The fraction of sp³-hybridized carbons (Fsp3) is 0.462. The Morgan fingerprint density at radius 1 is 1.22 bits per heavy atom. The normalized spacial score (nSPS) is 14.3. The lowest BCUT2D eigenvalue weighted by Crippen LogP contribution is -2.47. The molecule has 2 aromatic heterocycles. The number of piperazine rings is 1. The summed E-state index contributed by atoms with van der Waals surface area (Å²) < 4.78 is 5.20. The van der Waals surface area contributed by atoms with E-state index in [9.17, 15) is 4.79 Å². The van der Waals surface area contributed by atoms with Gasteiger partial charge >= 0.3 is 0 Å². The first kappa shape index (κ1) is 27.3. The molecule has 198 valence electrons. The van der Waals surface area contributed by atoms with Crippen LogP contribution in [0.5, 0.6) is 0 Å². The number of amides is 1. The molecular formula is C26H34ClN7O2S. The maximum atomic E-state index is 13.5. The van der Waals surface area contributed by atoms with Crippen molar-refractivity contribution in [1.82, 2.24) is 19.9 Å². The number of carbonyl (C=O) groups is 1. The number of methoxy groups -OCH3 is 1. The summed E-state index contributed by atoms with van der Waals surface area (Å²) in [5.41, 5.74) is 1.65. The molecule has 0 aliphatic carbocycles. The van der Waals surface area contributed by atoms with Gasteiger partial charge in [0.1, 0.15) is 22.5 Å². The lowest BCUT2D eigenvalue weighted by molar-refractivity contribution is 0.0979. The first-order valence-corrected chi connectivity index (χ1v) is 13.6. The van der Waals surface area contributed by atoms with Crippen molar-refractivity contribution in [1.29, 1.82) is 0 Å². The van der Waals surface area contributed by atoms with E-state index in [0.717, 1.165) is 55.7 Å². The predicted molar refractivity (Wildman–Crippen MR) is 151 cm³/mol. The molecule has 0 saturated carbocycles. The molecule has 0 radical (unpaired) electrons. The third-order valence-corrected chi connectivity index (χ3v) is 7.44. The van der Waals surface area contributed by atoms with Gasteiger partial charge in [-0.05, 0) is 39.3 Å². The van der Waals surface area contributed by atoms with Crippen LogP contribution in [0.3, 0.4) is 0 Å². The monoisotopic (exact) mass is 543 g/mol. The molecule has 3 aromatic rings. The van der Waals surface area contributed by atoms with Crippen LogP contribution in [0.1, 0.15) is 35.0 Å². The Morgan fingerprint density at radius 3 is 2.65 bits per heavy atom. The standard InChI is InChI=1S/C26H34ClN7O2S/c1-17(2)34(24-18(3)7-6-8-20(24)27)26(35)25-28-16-23(37-25)31-21-15-22(30-19(4)29-21)33-11-9-32(10-12-33)13-14-36-5/h6-8,15-17H,9-14H2,1-5H3,(H,29,30,31). The zero-order valence-corrected chi connectivity index (χ0v) is 23.6. The minimum atomic E-state index is -0.185. The molecular weight excluding hydrogens is 510 g/mol. The minimum Gasteiger partial charge on any atom is -0.383 e. The highest BCUT2D eigenvalue weighted by molar-refractivity contribution is 7.17. The summed E-state index contributed by atoms with van der Waals surface area (Å²) in [5, 5.41) is 4.98. The Labute approximate surface area is 227 Å². The van der Waals surface area contributed by atoms with E-state index in [0.29, 0.717) is 27.4 Å². The van der Waals surface area contributed by atoms with E-state index >= 15 is 0 Å². The van der Waals surface area contributed by atoms with Gasteiger partial charge in [-0.3, -0.25) is 9.69 Å². The van der Waals surface area contributed by atoms with Crippen molar-refractivity contribution in [2.45, 2.75) is 33.7 Å². The van der Waals surface area contributed by atoms with E-state index in [1.54, 1.807) is 24.3 Å². The molecule has 0 bridgehead atoms. The van der Waals surface area contributed by atoms with Crippen LogP contribution in [0.4, 0.5) is 22.3 Å². The van der Waals surface area contributed by atoms with Crippen LogP contribution in [-0.4, -0.2) is 78.2 Å². The molecule has 0 unspecified atom stereocenters. The molecule has 1 aliphatic heterocycles. The Hall–Kier alpha value is -2.79. The zero-order chi connectivity index (χ0) is 26.5. The van der Waals surface area contributed by atoms with Crippen molar-refractivity contribution in [2.75, 3.05) is 61.6 Å². The molecule has 9 nitrogen and oxygen atoms in total. The van der Waals surface area contributed by atoms with Crippen LogP contribution >= 0.6 is 22.9 Å². The highest BCUT2D eigenvalue weighted by Crippen LogP contribution is 2.33. The van der Waals surface area contributed by atoms with Gasteiger partial charge in [-0.15, -0.1) is 0 Å². The van der Waals surface area contributed by atoms with Crippen molar-refractivity contribution >= 4 is 51.2 Å². The van der Waals surface area contributed by atoms with Gasteiger partial charge in [0.25, 0.3) is 5.91 Å². The minimum absolute atomic E-state index is 0.0894. The van der Waals surface area contributed by atoms with E-state index < -0.39 is 0 Å². The number of halogens is 1. The van der Waals surface area contributed by atoms with E-state index in [2.05, 4.69) is 30.1 Å². The third kappa shape index (κ3) is 6.56. The van der Waals surface area contributed by atoms with Gasteiger partial charge in [0.05, 0.1) is 23.5 Å². The fourth-order valence-electron chi connectivity index (χ4n) is 4.38. The highest BCUT2D eigenvalue weighted by Gasteiger charge is 2.27. The van der Waals surface area contributed by atoms with Crippen LogP contribution < -0.4 is 15.1 Å². The van der Waals surface area contributed by atoms with Gasteiger partial charge in [0.15, 0.2) is 5.01 Å². The fourth-order valence-corrected chi connectivity index (χ4v) is 5.45. The molecule has 1 amide bonds. The number of nitrogens with one attached hydrogen (secondary N) is 1. The second-order valence-corrected chi connectivity index (χ2v) is 10.7. The van der Waals surface area contributed by atoms with E-state index in [-0.39, 0.29) is 11.9 Å². The molecule has 0 atom stereocenters. The summed E-state index contributed by atoms with van der Waals surface area (Å²) in [4.78, 5) is 33.5. The van der Waals surface area contributed by atoms with Gasteiger partial charge < -0.3 is 19.9 Å². The molecule has 11 heteroatoms. The van der Waals surface area contributed by atoms with E-state index in [4.69, 9.17) is 16.3 Å². The number of hydrogen-bond donors (Lipinski definition) is 1. The number of aromatic nitrogens is 3. The summed E-state index contributed by atoms with van der Waals surface area (Å²) >= 11 is 7.78. The highest BCUT2D eigenvalue weighted by atomic mass is 35.5. The molecule has 1 aromatic carbocycles. The predicted octanol–water partition coefficient (Wildman–Crippen LogP) is 4.77. The maximum Gasteiger partial charge on any atom is 0.287 e. The molecule has 3 heterocycles. The smallest absolute Gasteiger partial charge is 0.287 e. The zero-order valence-electron chi connectivity index (χ0n) is 22.0. The first-order chi connectivity index (χ1) is 17.8. The average molecular weight is 544 g/mol. The third-order valence-electron chi connectivity index (χ3n) is 6.24. The van der Waals surface area contributed by atoms with E-state index in [1.807, 2.05) is 45.9 Å². The Bertz CT molecular complexity index is 1210. The number of para-hydroxylation sites is 1. The first-order valence-electron chi connectivity index (χ1n) is 12.4. The van der Waals surface area contributed by atoms with Gasteiger partial charge in [0.2, 0.25) is 0 Å². The summed E-state index contributed by atoms with van der Waals surface area (Å²) in [6.07, 6.45) is 1.67. The number of hydrogen-bond acceptors (Lipinski definition) is 9. The molecule has 37 heavy (non-hydrogen) atoms. The quantitative estimate of drug-likeness (QED) is 0.413. The number of rotatable bonds is 9. The number of benzene rings is 1. The molecule has 1 saturated heterocycles. The number of carbonyl (C=O) groups excluding carboxylic acids is 1. The maximum absolute atomic E-state index is 13.5. The number of aryl methyl sites for hydroxylation is 2.